The zero-order chi connectivity index (χ0) is 13.8. The maximum atomic E-state index is 9.20. The van der Waals surface area contributed by atoms with Gasteiger partial charge < -0.3 is 40.7 Å². The van der Waals surface area contributed by atoms with Crippen molar-refractivity contribution in [1.82, 2.24) is 0 Å². The molecule has 1 unspecified atom stereocenters. The summed E-state index contributed by atoms with van der Waals surface area (Å²) in [7, 11) is -4.14. The molecule has 11 heteroatoms. The van der Waals surface area contributed by atoms with Crippen LogP contribution in [-0.4, -0.2) is 67.5 Å². The van der Waals surface area contributed by atoms with E-state index in [1.54, 1.807) is 0 Å². The normalized spacial score (nSPS) is 38.2. The SMILES string of the molecule is NP(=O)(O)O.N[C@@H]1C(O)O[C@H](CO)[C@@H](O)[C@@H]1O. The largest absolute Gasteiger partial charge is 0.397 e. The maximum Gasteiger partial charge on any atom is 0.397 e. The van der Waals surface area contributed by atoms with Crippen LogP contribution < -0.4 is 11.2 Å². The van der Waals surface area contributed by atoms with Crippen molar-refractivity contribution >= 4 is 7.75 Å². The molecule has 10 nitrogen and oxygen atoms in total. The standard InChI is InChI=1S/C6H13NO5.H4NO3P/c7-3-5(10)4(9)2(1-8)12-6(3)11;1-5(2,3)4/h2-6,8-11H,1,7H2;(H4,1,2,3,4)/t2-,3+,4-,5-,6?;/m1./s1. The second kappa shape index (κ2) is 6.71. The molecule has 0 radical (unpaired) electrons. The molecule has 0 aromatic heterocycles. The molecule has 1 aliphatic heterocycles. The van der Waals surface area contributed by atoms with Crippen LogP contribution in [0.5, 0.6) is 0 Å². The molecule has 10 N–H and O–H groups in total. The van der Waals surface area contributed by atoms with Gasteiger partial charge >= 0.3 is 7.75 Å². The van der Waals surface area contributed by atoms with Crippen molar-refractivity contribution in [2.24, 2.45) is 11.2 Å². The third-order valence-electron chi connectivity index (χ3n) is 1.95. The monoisotopic (exact) mass is 276 g/mol. The summed E-state index contributed by atoms with van der Waals surface area (Å²) in [5.74, 6) is 0. The van der Waals surface area contributed by atoms with E-state index in [0.29, 0.717) is 0 Å². The minimum atomic E-state index is -4.14. The second-order valence-electron chi connectivity index (χ2n) is 3.40. The Morgan fingerprint density at radius 1 is 1.18 bits per heavy atom. The number of nitrogens with two attached hydrogens (primary N) is 2. The zero-order valence-corrected chi connectivity index (χ0v) is 9.59. The van der Waals surface area contributed by atoms with E-state index < -0.39 is 45.0 Å². The average molecular weight is 276 g/mol. The number of hydrogen-bond donors (Lipinski definition) is 8. The van der Waals surface area contributed by atoms with E-state index in [4.69, 9.17) is 35.0 Å². The molecule has 17 heavy (non-hydrogen) atoms. The predicted molar refractivity (Wildman–Crippen MR) is 54.2 cm³/mol. The fourth-order valence-corrected chi connectivity index (χ4v) is 1.12. The summed E-state index contributed by atoms with van der Waals surface area (Å²) in [5, 5.41) is 36.1. The van der Waals surface area contributed by atoms with E-state index >= 15 is 0 Å². The first-order valence-electron chi connectivity index (χ1n) is 4.48. The highest BCUT2D eigenvalue weighted by molar-refractivity contribution is 7.49. The van der Waals surface area contributed by atoms with E-state index in [9.17, 15) is 10.2 Å². The van der Waals surface area contributed by atoms with Crippen LogP contribution in [0, 0.1) is 0 Å². The fraction of sp³-hybridized carbons (Fsp3) is 1.00. The third-order valence-corrected chi connectivity index (χ3v) is 1.95. The van der Waals surface area contributed by atoms with Gasteiger partial charge in [-0.3, -0.25) is 0 Å². The molecular formula is C6H17N2O8P. The topological polar surface area (TPSA) is 200 Å². The number of hydrogen-bond acceptors (Lipinski definition) is 7. The lowest BCUT2D eigenvalue weighted by Crippen LogP contribution is -2.61. The molecule has 1 saturated heterocycles. The summed E-state index contributed by atoms with van der Waals surface area (Å²) >= 11 is 0. The van der Waals surface area contributed by atoms with Crippen molar-refractivity contribution in [3.63, 3.8) is 0 Å². The summed E-state index contributed by atoms with van der Waals surface area (Å²) < 4.78 is 13.8. The second-order valence-corrected chi connectivity index (χ2v) is 4.57. The van der Waals surface area contributed by atoms with Gasteiger partial charge in [0.15, 0.2) is 6.29 Å². The summed E-state index contributed by atoms with van der Waals surface area (Å²) in [6, 6.07) is -1.04. The Labute approximate surface area is 96.6 Å². The zero-order valence-electron chi connectivity index (χ0n) is 8.70. The van der Waals surface area contributed by atoms with Crippen molar-refractivity contribution in [2.45, 2.75) is 30.6 Å². The van der Waals surface area contributed by atoms with Crippen LogP contribution in [0.3, 0.4) is 0 Å². The quantitative estimate of drug-likeness (QED) is 0.217. The van der Waals surface area contributed by atoms with E-state index in [2.05, 4.69) is 5.50 Å². The molecule has 1 fully saturated rings. The Kier molecular flexibility index (Phi) is 6.66. The Hall–Kier alpha value is -0.130. The minimum absolute atomic E-state index is 0.470. The molecule has 0 saturated carbocycles. The van der Waals surface area contributed by atoms with Crippen molar-refractivity contribution in [2.75, 3.05) is 6.61 Å². The minimum Gasteiger partial charge on any atom is -0.394 e. The van der Waals surface area contributed by atoms with Crippen LogP contribution >= 0.6 is 7.75 Å². The van der Waals surface area contributed by atoms with Crippen LogP contribution in [0.4, 0.5) is 0 Å². The highest BCUT2D eigenvalue weighted by Crippen LogP contribution is 2.20. The van der Waals surface area contributed by atoms with Crippen LogP contribution in [-0.2, 0) is 9.30 Å². The molecule has 1 heterocycles. The molecular weight excluding hydrogens is 259 g/mol. The van der Waals surface area contributed by atoms with Crippen LogP contribution in [0.2, 0.25) is 0 Å². The number of aliphatic hydroxyl groups is 4. The van der Waals surface area contributed by atoms with E-state index in [0.717, 1.165) is 0 Å². The lowest BCUT2D eigenvalue weighted by molar-refractivity contribution is -0.248. The highest BCUT2D eigenvalue weighted by atomic mass is 31.2. The summed E-state index contributed by atoms with van der Waals surface area (Å²) in [6.45, 7) is -0.470. The molecule has 0 spiro atoms. The fourth-order valence-electron chi connectivity index (χ4n) is 1.12. The van der Waals surface area contributed by atoms with Gasteiger partial charge in [-0.05, 0) is 0 Å². The lowest BCUT2D eigenvalue weighted by atomic mass is 9.98. The molecule has 0 bridgehead atoms. The summed E-state index contributed by atoms with van der Waals surface area (Å²) in [5.41, 5.74) is 9.28. The third kappa shape index (κ3) is 6.38. The Balaban J connectivity index is 0.000000437. The highest BCUT2D eigenvalue weighted by Gasteiger charge is 2.41. The van der Waals surface area contributed by atoms with Crippen LogP contribution in [0.1, 0.15) is 0 Å². The maximum absolute atomic E-state index is 9.20. The van der Waals surface area contributed by atoms with E-state index in [1.165, 1.54) is 0 Å². The molecule has 104 valence electrons. The van der Waals surface area contributed by atoms with Crippen LogP contribution in [0.25, 0.3) is 0 Å². The van der Waals surface area contributed by atoms with Crippen LogP contribution in [0.15, 0.2) is 0 Å². The average Bonchev–Trinajstić information content (AvgIpc) is 2.18. The Morgan fingerprint density at radius 2 is 1.59 bits per heavy atom. The Bertz CT molecular complexity index is 260. The first-order chi connectivity index (χ1) is 7.57. The molecule has 0 aliphatic carbocycles. The number of rotatable bonds is 1. The van der Waals surface area contributed by atoms with Crippen molar-refractivity contribution in [1.29, 1.82) is 0 Å². The van der Waals surface area contributed by atoms with Gasteiger partial charge in [0.1, 0.15) is 18.3 Å². The molecule has 0 aromatic carbocycles. The molecule has 0 aromatic rings. The first-order valence-corrected chi connectivity index (χ1v) is 6.16. The van der Waals surface area contributed by atoms with Gasteiger partial charge in [-0.2, -0.15) is 0 Å². The van der Waals surface area contributed by atoms with Gasteiger partial charge in [0.05, 0.1) is 12.6 Å². The first kappa shape index (κ1) is 16.9. The van der Waals surface area contributed by atoms with E-state index in [-0.39, 0.29) is 0 Å². The molecule has 0 amide bonds. The van der Waals surface area contributed by atoms with Gasteiger partial charge in [0, 0.05) is 0 Å². The van der Waals surface area contributed by atoms with Gasteiger partial charge in [-0.15, -0.1) is 0 Å². The summed E-state index contributed by atoms with van der Waals surface area (Å²) in [4.78, 5) is 14.8. The molecule has 5 atom stereocenters. The number of ether oxygens (including phenoxy) is 1. The van der Waals surface area contributed by atoms with Crippen molar-refractivity contribution < 1.29 is 39.5 Å². The summed E-state index contributed by atoms with van der Waals surface area (Å²) in [6.07, 6.45) is -4.85. The predicted octanol–water partition coefficient (Wildman–Crippen LogP) is -4.22. The number of aliphatic hydroxyl groups excluding tert-OH is 4. The Morgan fingerprint density at radius 3 is 1.94 bits per heavy atom. The van der Waals surface area contributed by atoms with Crippen molar-refractivity contribution in [3.05, 3.63) is 0 Å². The van der Waals surface area contributed by atoms with E-state index in [1.807, 2.05) is 0 Å². The molecule has 1 aliphatic rings. The lowest BCUT2D eigenvalue weighted by Gasteiger charge is -2.38. The molecule has 1 rings (SSSR count). The van der Waals surface area contributed by atoms with Gasteiger partial charge in [0.25, 0.3) is 0 Å². The van der Waals surface area contributed by atoms with Gasteiger partial charge in [-0.1, -0.05) is 0 Å². The van der Waals surface area contributed by atoms with Gasteiger partial charge in [0.2, 0.25) is 0 Å². The smallest absolute Gasteiger partial charge is 0.394 e. The van der Waals surface area contributed by atoms with Gasteiger partial charge in [-0.25, -0.2) is 10.1 Å². The van der Waals surface area contributed by atoms with Crippen molar-refractivity contribution in [3.8, 4) is 0 Å².